The van der Waals surface area contributed by atoms with Crippen molar-refractivity contribution in [3.63, 3.8) is 0 Å². The standard InChI is InChI=1S/C12H25.Cd.H3O4P/c1-3-5-7-9-11-12-10-8-6-4-2;;1-5(2,3)4/h1,3-12H2,2H3;;(H3,1,2,3,4)/q-1;;. The molecule has 108 valence electrons. The molecule has 0 rings (SSSR count). The SMILES string of the molecule is O=P(O)(O)O.[CH2-]CCCCCCCCCCC.[Cd]. The molecule has 18 heavy (non-hydrogen) atoms. The summed E-state index contributed by atoms with van der Waals surface area (Å²) in [7, 11) is -4.64. The first kappa shape index (κ1) is 24.1. The van der Waals surface area contributed by atoms with Crippen molar-refractivity contribution in [2.45, 2.75) is 71.1 Å². The number of unbranched alkanes of at least 4 members (excludes halogenated alkanes) is 9. The van der Waals surface area contributed by atoms with E-state index in [2.05, 4.69) is 13.8 Å². The second-order valence-electron chi connectivity index (χ2n) is 4.20. The third kappa shape index (κ3) is 43.5. The van der Waals surface area contributed by atoms with Crippen molar-refractivity contribution < 1.29 is 46.5 Å². The van der Waals surface area contributed by atoms with Gasteiger partial charge in [-0.2, -0.15) is 6.42 Å². The minimum atomic E-state index is -4.64. The summed E-state index contributed by atoms with van der Waals surface area (Å²) in [6.45, 7) is 6.12. The maximum atomic E-state index is 8.88. The average molecular weight is 380 g/mol. The molecular formula is C12H28CdO4P-. The van der Waals surface area contributed by atoms with Crippen LogP contribution in [0.2, 0.25) is 0 Å². The molecule has 4 nitrogen and oxygen atoms in total. The Kier molecular flexibility index (Phi) is 24.1. The fourth-order valence-corrected chi connectivity index (χ4v) is 1.49. The fourth-order valence-electron chi connectivity index (χ4n) is 1.49. The van der Waals surface area contributed by atoms with Crippen LogP contribution in [0.3, 0.4) is 0 Å². The van der Waals surface area contributed by atoms with Gasteiger partial charge in [0.05, 0.1) is 0 Å². The third-order valence-corrected chi connectivity index (χ3v) is 2.35. The Bertz CT molecular complexity index is 167. The van der Waals surface area contributed by atoms with Gasteiger partial charge in [-0.1, -0.05) is 64.7 Å². The average Bonchev–Trinajstić information content (AvgIpc) is 2.20. The second kappa shape index (κ2) is 18.0. The number of rotatable bonds is 9. The van der Waals surface area contributed by atoms with Gasteiger partial charge >= 0.3 is 7.82 Å². The molecule has 0 atom stereocenters. The van der Waals surface area contributed by atoms with E-state index in [0.717, 1.165) is 6.42 Å². The zero-order valence-electron chi connectivity index (χ0n) is 11.7. The predicted octanol–water partition coefficient (Wildman–Crippen LogP) is 3.81. The van der Waals surface area contributed by atoms with Gasteiger partial charge in [0.25, 0.3) is 0 Å². The van der Waals surface area contributed by atoms with Gasteiger partial charge in [-0.15, -0.1) is 0 Å². The van der Waals surface area contributed by atoms with E-state index in [1.54, 1.807) is 0 Å². The van der Waals surface area contributed by atoms with Crippen LogP contribution in [-0.2, 0) is 31.9 Å². The number of phosphoric acid groups is 1. The van der Waals surface area contributed by atoms with E-state index in [0.29, 0.717) is 0 Å². The maximum absolute atomic E-state index is 8.88. The summed E-state index contributed by atoms with van der Waals surface area (Å²) < 4.78 is 8.88. The topological polar surface area (TPSA) is 77.8 Å². The van der Waals surface area contributed by atoms with Crippen molar-refractivity contribution in [3.8, 4) is 0 Å². The van der Waals surface area contributed by atoms with E-state index < -0.39 is 7.82 Å². The first-order valence-corrected chi connectivity index (χ1v) is 8.05. The molecule has 0 aromatic carbocycles. The van der Waals surface area contributed by atoms with Crippen molar-refractivity contribution in [1.29, 1.82) is 0 Å². The molecule has 0 saturated carbocycles. The van der Waals surface area contributed by atoms with Crippen molar-refractivity contribution >= 4 is 7.82 Å². The molecular weight excluding hydrogens is 352 g/mol. The van der Waals surface area contributed by atoms with Crippen molar-refractivity contribution in [3.05, 3.63) is 6.92 Å². The van der Waals surface area contributed by atoms with E-state index in [1.807, 2.05) is 0 Å². The van der Waals surface area contributed by atoms with E-state index >= 15 is 0 Å². The molecule has 0 radical (unpaired) electrons. The zero-order chi connectivity index (χ0) is 13.6. The molecule has 0 aromatic heterocycles. The van der Waals surface area contributed by atoms with E-state index in [9.17, 15) is 0 Å². The smallest absolute Gasteiger partial charge is 0.343 e. The summed E-state index contributed by atoms with van der Waals surface area (Å²) in [5, 5.41) is 0. The normalized spacial score (nSPS) is 10.3. The zero-order valence-corrected chi connectivity index (χ0v) is 16.6. The van der Waals surface area contributed by atoms with Crippen LogP contribution >= 0.6 is 7.82 Å². The summed E-state index contributed by atoms with van der Waals surface area (Å²) in [6.07, 6.45) is 13.9. The predicted molar refractivity (Wildman–Crippen MR) is 71.5 cm³/mol. The van der Waals surface area contributed by atoms with Crippen LogP contribution < -0.4 is 0 Å². The Labute approximate surface area is 132 Å². The summed E-state index contributed by atoms with van der Waals surface area (Å²) in [5.74, 6) is 0. The molecule has 0 aromatic rings. The Morgan fingerprint density at radius 2 is 1.11 bits per heavy atom. The van der Waals surface area contributed by atoms with Crippen LogP contribution in [0.15, 0.2) is 0 Å². The van der Waals surface area contributed by atoms with Gasteiger partial charge in [0.2, 0.25) is 0 Å². The van der Waals surface area contributed by atoms with Crippen molar-refractivity contribution in [2.75, 3.05) is 0 Å². The van der Waals surface area contributed by atoms with Crippen LogP contribution in [0.1, 0.15) is 71.1 Å². The Balaban J connectivity index is -0.000000321. The first-order chi connectivity index (χ1) is 7.91. The van der Waals surface area contributed by atoms with Gasteiger partial charge < -0.3 is 21.6 Å². The van der Waals surface area contributed by atoms with Gasteiger partial charge in [0.15, 0.2) is 0 Å². The molecule has 6 heteroatoms. The molecule has 0 fully saturated rings. The largest absolute Gasteiger partial charge is 0.466 e. The van der Waals surface area contributed by atoms with Gasteiger partial charge in [-0.3, -0.25) is 0 Å². The summed E-state index contributed by atoms with van der Waals surface area (Å²) in [5.41, 5.74) is 0. The van der Waals surface area contributed by atoms with E-state index in [1.165, 1.54) is 57.8 Å². The summed E-state index contributed by atoms with van der Waals surface area (Å²) in [4.78, 5) is 21.6. The molecule has 0 heterocycles. The third-order valence-electron chi connectivity index (χ3n) is 2.35. The molecule has 0 aliphatic rings. The molecule has 0 spiro atoms. The Morgan fingerprint density at radius 1 is 0.833 bits per heavy atom. The molecule has 0 unspecified atom stereocenters. The van der Waals surface area contributed by atoms with E-state index in [-0.39, 0.29) is 27.3 Å². The summed E-state index contributed by atoms with van der Waals surface area (Å²) in [6, 6.07) is 0. The monoisotopic (exact) mass is 381 g/mol. The van der Waals surface area contributed by atoms with Crippen LogP contribution in [0.25, 0.3) is 0 Å². The van der Waals surface area contributed by atoms with Crippen LogP contribution in [0, 0.1) is 6.92 Å². The quantitative estimate of drug-likeness (QED) is 0.246. The number of hydrogen-bond donors (Lipinski definition) is 3. The summed E-state index contributed by atoms with van der Waals surface area (Å²) >= 11 is 0. The molecule has 0 aliphatic carbocycles. The van der Waals surface area contributed by atoms with Crippen LogP contribution in [-0.4, -0.2) is 14.7 Å². The Hall–Kier alpha value is 1.03. The van der Waals surface area contributed by atoms with Gasteiger partial charge in [-0.05, 0) is 0 Å². The van der Waals surface area contributed by atoms with Crippen molar-refractivity contribution in [2.24, 2.45) is 0 Å². The molecule has 0 amide bonds. The first-order valence-electron chi connectivity index (χ1n) is 6.49. The molecule has 0 aliphatic heterocycles. The molecule has 0 saturated heterocycles. The molecule has 0 bridgehead atoms. The minimum Gasteiger partial charge on any atom is -0.343 e. The minimum absolute atomic E-state index is 0. The van der Waals surface area contributed by atoms with Gasteiger partial charge in [0, 0.05) is 27.3 Å². The fraction of sp³-hybridized carbons (Fsp3) is 0.917. The Morgan fingerprint density at radius 3 is 1.39 bits per heavy atom. The van der Waals surface area contributed by atoms with Crippen LogP contribution in [0.4, 0.5) is 0 Å². The van der Waals surface area contributed by atoms with Crippen LogP contribution in [0.5, 0.6) is 0 Å². The number of hydrogen-bond acceptors (Lipinski definition) is 1. The van der Waals surface area contributed by atoms with Gasteiger partial charge in [-0.25, -0.2) is 4.57 Å². The van der Waals surface area contributed by atoms with Gasteiger partial charge in [0.1, 0.15) is 0 Å². The van der Waals surface area contributed by atoms with E-state index in [4.69, 9.17) is 19.2 Å². The van der Waals surface area contributed by atoms with Crippen molar-refractivity contribution in [1.82, 2.24) is 0 Å². The second-order valence-corrected chi connectivity index (χ2v) is 5.22. The molecule has 3 N–H and O–H groups in total. The maximum Gasteiger partial charge on any atom is 0.466 e.